The van der Waals surface area contributed by atoms with E-state index >= 15 is 0 Å². The molecular formula is C27H27N7O4. The molecule has 0 spiro atoms. The molecule has 2 N–H and O–H groups in total. The molecule has 1 fully saturated rings. The third kappa shape index (κ3) is 5.32. The minimum absolute atomic E-state index is 0.228. The molecule has 2 aromatic heterocycles. The Labute approximate surface area is 218 Å². The lowest BCUT2D eigenvalue weighted by molar-refractivity contribution is 0.102. The molecule has 3 heterocycles. The van der Waals surface area contributed by atoms with Gasteiger partial charge >= 0.3 is 5.69 Å². The highest BCUT2D eigenvalue weighted by Crippen LogP contribution is 2.20. The molecule has 0 atom stereocenters. The van der Waals surface area contributed by atoms with Crippen molar-refractivity contribution < 1.29 is 9.53 Å². The molecule has 2 aromatic carbocycles. The predicted octanol–water partition coefficient (Wildman–Crippen LogP) is 1.90. The Morgan fingerprint density at radius 2 is 1.74 bits per heavy atom. The van der Waals surface area contributed by atoms with Gasteiger partial charge in [0.1, 0.15) is 29.3 Å². The molecule has 0 bridgehead atoms. The van der Waals surface area contributed by atoms with E-state index in [0.29, 0.717) is 11.6 Å². The van der Waals surface area contributed by atoms with Gasteiger partial charge in [-0.25, -0.2) is 19.3 Å². The average molecular weight is 514 g/mol. The van der Waals surface area contributed by atoms with Crippen LogP contribution in [0.1, 0.15) is 15.9 Å². The number of carbonyl (C=O) groups is 1. The maximum Gasteiger partial charge on any atom is 0.333 e. The molecule has 38 heavy (non-hydrogen) atoms. The third-order valence-electron chi connectivity index (χ3n) is 6.39. The smallest absolute Gasteiger partial charge is 0.333 e. The molecule has 1 saturated heterocycles. The van der Waals surface area contributed by atoms with Gasteiger partial charge in [-0.1, -0.05) is 42.5 Å². The van der Waals surface area contributed by atoms with Gasteiger partial charge in [0.2, 0.25) is 0 Å². The van der Waals surface area contributed by atoms with Gasteiger partial charge in [-0.05, 0) is 17.7 Å². The number of carbonyl (C=O) groups excluding carboxylic acids is 1. The predicted molar refractivity (Wildman–Crippen MR) is 143 cm³/mol. The second-order valence-electron chi connectivity index (χ2n) is 8.78. The number of methoxy groups -OCH3 is 1. The molecule has 5 rings (SSSR count). The van der Waals surface area contributed by atoms with Crippen LogP contribution in [-0.2, 0) is 6.54 Å². The van der Waals surface area contributed by atoms with E-state index in [1.807, 2.05) is 18.2 Å². The Bertz CT molecular complexity index is 1540. The highest BCUT2D eigenvalue weighted by atomic mass is 16.5. The van der Waals surface area contributed by atoms with Crippen molar-refractivity contribution in [2.24, 2.45) is 0 Å². The number of anilines is 2. The lowest BCUT2D eigenvalue weighted by atomic mass is 10.2. The number of amides is 1. The minimum atomic E-state index is -0.778. The summed E-state index contributed by atoms with van der Waals surface area (Å²) >= 11 is 0. The molecule has 11 nitrogen and oxygen atoms in total. The number of aromatic amines is 1. The van der Waals surface area contributed by atoms with Crippen molar-refractivity contribution in [3.05, 3.63) is 105 Å². The van der Waals surface area contributed by atoms with Gasteiger partial charge in [0, 0.05) is 45.0 Å². The average Bonchev–Trinajstić information content (AvgIpc) is 2.94. The number of hydrogen-bond acceptors (Lipinski definition) is 8. The van der Waals surface area contributed by atoms with Crippen molar-refractivity contribution in [2.45, 2.75) is 6.54 Å². The quantitative estimate of drug-likeness (QED) is 0.384. The van der Waals surface area contributed by atoms with Gasteiger partial charge < -0.3 is 19.9 Å². The van der Waals surface area contributed by atoms with Crippen molar-refractivity contribution in [3.8, 4) is 11.4 Å². The van der Waals surface area contributed by atoms with Crippen LogP contribution in [0.4, 0.5) is 11.6 Å². The van der Waals surface area contributed by atoms with E-state index < -0.39 is 17.2 Å². The van der Waals surface area contributed by atoms with Gasteiger partial charge in [-0.15, -0.1) is 0 Å². The van der Waals surface area contributed by atoms with Crippen LogP contribution in [0.15, 0.2) is 82.8 Å². The normalized spacial score (nSPS) is 13.8. The number of aromatic nitrogens is 4. The molecular weight excluding hydrogens is 486 g/mol. The molecule has 0 aliphatic carbocycles. The highest BCUT2D eigenvalue weighted by Gasteiger charge is 2.21. The summed E-state index contributed by atoms with van der Waals surface area (Å²) in [7, 11) is 1.43. The second-order valence-corrected chi connectivity index (χ2v) is 8.78. The van der Waals surface area contributed by atoms with Crippen LogP contribution in [0.5, 0.6) is 5.75 Å². The number of hydrogen-bond donors (Lipinski definition) is 2. The maximum atomic E-state index is 13.1. The Hall–Kier alpha value is -4.77. The van der Waals surface area contributed by atoms with Crippen LogP contribution >= 0.6 is 0 Å². The Kier molecular flexibility index (Phi) is 7.27. The molecule has 1 amide bonds. The molecule has 0 saturated carbocycles. The molecule has 0 unspecified atom stereocenters. The van der Waals surface area contributed by atoms with Gasteiger partial charge in [0.25, 0.3) is 11.5 Å². The van der Waals surface area contributed by atoms with Crippen molar-refractivity contribution >= 4 is 17.5 Å². The van der Waals surface area contributed by atoms with Gasteiger partial charge in [0.05, 0.1) is 12.8 Å². The topological polar surface area (TPSA) is 125 Å². The molecule has 194 valence electrons. The first-order chi connectivity index (χ1) is 18.5. The lowest BCUT2D eigenvalue weighted by Gasteiger charge is -2.35. The monoisotopic (exact) mass is 513 g/mol. The first-order valence-corrected chi connectivity index (χ1v) is 12.2. The van der Waals surface area contributed by atoms with E-state index in [0.717, 1.165) is 43.5 Å². The number of benzene rings is 2. The van der Waals surface area contributed by atoms with Crippen LogP contribution < -0.4 is 26.2 Å². The van der Waals surface area contributed by atoms with Crippen LogP contribution in [0, 0.1) is 0 Å². The number of nitrogens with one attached hydrogen (secondary N) is 2. The number of nitrogens with zero attached hydrogens (tertiary/aromatic N) is 5. The van der Waals surface area contributed by atoms with Crippen LogP contribution in [0.25, 0.3) is 5.69 Å². The Balaban J connectivity index is 1.30. The van der Waals surface area contributed by atoms with Crippen LogP contribution in [-0.4, -0.2) is 63.6 Å². The zero-order chi connectivity index (χ0) is 26.5. The largest absolute Gasteiger partial charge is 0.495 e. The summed E-state index contributed by atoms with van der Waals surface area (Å²) in [6.07, 6.45) is 2.47. The second kappa shape index (κ2) is 11.1. The minimum Gasteiger partial charge on any atom is -0.495 e. The van der Waals surface area contributed by atoms with Gasteiger partial charge in [0.15, 0.2) is 0 Å². The molecule has 1 aliphatic heterocycles. The molecule has 4 aromatic rings. The molecule has 0 radical (unpaired) electrons. The fourth-order valence-corrected chi connectivity index (χ4v) is 4.42. The number of para-hydroxylation sites is 2. The number of piperazine rings is 1. The van der Waals surface area contributed by atoms with E-state index in [2.05, 4.69) is 42.2 Å². The van der Waals surface area contributed by atoms with Crippen molar-refractivity contribution in [3.63, 3.8) is 0 Å². The first-order valence-electron chi connectivity index (χ1n) is 12.2. The summed E-state index contributed by atoms with van der Waals surface area (Å²) in [5.41, 5.74) is -0.205. The van der Waals surface area contributed by atoms with E-state index in [-0.39, 0.29) is 17.1 Å². The highest BCUT2D eigenvalue weighted by molar-refractivity contribution is 6.03. The van der Waals surface area contributed by atoms with Gasteiger partial charge in [-0.2, -0.15) is 0 Å². The van der Waals surface area contributed by atoms with Crippen molar-refractivity contribution in [1.82, 2.24) is 24.4 Å². The van der Waals surface area contributed by atoms with Gasteiger partial charge in [-0.3, -0.25) is 14.5 Å². The molecule has 1 aliphatic rings. The van der Waals surface area contributed by atoms with Crippen molar-refractivity contribution in [2.75, 3.05) is 43.5 Å². The zero-order valence-corrected chi connectivity index (χ0v) is 20.8. The fraction of sp³-hybridized carbons (Fsp3) is 0.222. The Morgan fingerprint density at radius 3 is 2.50 bits per heavy atom. The summed E-state index contributed by atoms with van der Waals surface area (Å²) in [4.78, 5) is 54.1. The lowest BCUT2D eigenvalue weighted by Crippen LogP contribution is -2.46. The Morgan fingerprint density at radius 1 is 1.00 bits per heavy atom. The maximum absolute atomic E-state index is 13.1. The fourth-order valence-electron chi connectivity index (χ4n) is 4.42. The van der Waals surface area contributed by atoms with Crippen LogP contribution in [0.3, 0.4) is 0 Å². The van der Waals surface area contributed by atoms with E-state index in [9.17, 15) is 14.4 Å². The van der Waals surface area contributed by atoms with Crippen molar-refractivity contribution in [1.29, 1.82) is 0 Å². The standard InChI is InChI=1S/C27H27N7O4/c1-38-22-10-6-5-9-21(22)34-26(36)20(16-28-27(34)37)25(35)31-23-15-24(30-18-29-23)33-13-11-32(12-14-33)17-19-7-3-2-4-8-19/h2-10,15-16,18H,11-14,17H2,1H3,(H,28,37)(H,29,30,31,35). The summed E-state index contributed by atoms with van der Waals surface area (Å²) in [6.45, 7) is 4.20. The third-order valence-corrected chi connectivity index (χ3v) is 6.39. The number of rotatable bonds is 7. The van der Waals surface area contributed by atoms with E-state index in [1.54, 1.807) is 30.3 Å². The van der Waals surface area contributed by atoms with Crippen LogP contribution in [0.2, 0.25) is 0 Å². The number of H-pyrrole nitrogens is 1. The number of ether oxygens (including phenoxy) is 1. The summed E-state index contributed by atoms with van der Waals surface area (Å²) < 4.78 is 6.14. The zero-order valence-electron chi connectivity index (χ0n) is 20.8. The van der Waals surface area contributed by atoms with E-state index in [4.69, 9.17) is 4.74 Å². The molecule has 11 heteroatoms. The summed E-state index contributed by atoms with van der Waals surface area (Å²) in [6, 6.07) is 18.6. The first kappa shape index (κ1) is 24.9. The summed E-state index contributed by atoms with van der Waals surface area (Å²) in [5.74, 6) is 0.554. The van der Waals surface area contributed by atoms with E-state index in [1.165, 1.54) is 19.0 Å². The SMILES string of the molecule is COc1ccccc1-n1c(=O)[nH]cc(C(=O)Nc2cc(N3CCN(Cc4ccccc4)CC3)ncn2)c1=O. The summed E-state index contributed by atoms with van der Waals surface area (Å²) in [5, 5.41) is 2.65.